The Morgan fingerprint density at radius 2 is 2.17 bits per heavy atom. The summed E-state index contributed by atoms with van der Waals surface area (Å²) < 4.78 is 26.3. The molecule has 4 nitrogen and oxygen atoms in total. The lowest BCUT2D eigenvalue weighted by Crippen LogP contribution is -2.29. The van der Waals surface area contributed by atoms with Gasteiger partial charge in [-0.1, -0.05) is 0 Å². The Hall–Kier alpha value is -0.0800. The smallest absolute Gasteiger partial charge is 0.244 e. The molecule has 104 valence electrons. The van der Waals surface area contributed by atoms with Gasteiger partial charge in [0, 0.05) is 25.0 Å². The van der Waals surface area contributed by atoms with E-state index in [1.165, 1.54) is 15.6 Å². The summed E-state index contributed by atoms with van der Waals surface area (Å²) in [4.78, 5) is 1.14. The maximum atomic E-state index is 12.5. The lowest BCUT2D eigenvalue weighted by molar-refractivity contribution is 0.469. The average molecular weight is 308 g/mol. The summed E-state index contributed by atoms with van der Waals surface area (Å²) in [5.74, 6) is 0.965. The Balaban J connectivity index is 2.94. The third-order valence-corrected chi connectivity index (χ3v) is 6.70. The second-order valence-corrected chi connectivity index (χ2v) is 7.98. The van der Waals surface area contributed by atoms with Crippen molar-refractivity contribution >= 4 is 33.1 Å². The summed E-state index contributed by atoms with van der Waals surface area (Å²) >= 11 is 3.14. The van der Waals surface area contributed by atoms with Gasteiger partial charge in [0.15, 0.2) is 0 Å². The third kappa shape index (κ3) is 3.48. The first-order valence-corrected chi connectivity index (χ1v) is 9.38. The molecule has 0 atom stereocenters. The molecular formula is C11H20N2O2S3. The van der Waals surface area contributed by atoms with Gasteiger partial charge in [-0.2, -0.15) is 11.8 Å². The van der Waals surface area contributed by atoms with Gasteiger partial charge >= 0.3 is 0 Å². The average Bonchev–Trinajstić information content (AvgIpc) is 2.71. The van der Waals surface area contributed by atoms with E-state index in [2.05, 4.69) is 0 Å². The van der Waals surface area contributed by atoms with Crippen LogP contribution in [0.5, 0.6) is 0 Å². The van der Waals surface area contributed by atoms with E-state index >= 15 is 0 Å². The van der Waals surface area contributed by atoms with E-state index < -0.39 is 10.0 Å². The molecule has 0 bridgehead atoms. The Kier molecular flexibility index (Phi) is 6.13. The molecular weight excluding hydrogens is 288 g/mol. The van der Waals surface area contributed by atoms with E-state index in [1.54, 1.807) is 18.8 Å². The molecule has 0 aliphatic rings. The number of aryl methyl sites for hydroxylation is 1. The fourth-order valence-electron chi connectivity index (χ4n) is 1.68. The van der Waals surface area contributed by atoms with Crippen molar-refractivity contribution in [2.75, 3.05) is 25.6 Å². The van der Waals surface area contributed by atoms with Crippen LogP contribution in [-0.4, -0.2) is 38.3 Å². The summed E-state index contributed by atoms with van der Waals surface area (Å²) in [7, 11) is -1.76. The van der Waals surface area contributed by atoms with E-state index in [0.717, 1.165) is 22.6 Å². The number of thiophene rings is 1. The van der Waals surface area contributed by atoms with Gasteiger partial charge in [0.1, 0.15) is 4.90 Å². The Bertz CT molecular complexity index is 482. The summed E-state index contributed by atoms with van der Waals surface area (Å²) in [5, 5.41) is 1.85. The van der Waals surface area contributed by atoms with Crippen molar-refractivity contribution in [2.45, 2.75) is 24.8 Å². The van der Waals surface area contributed by atoms with Gasteiger partial charge in [-0.15, -0.1) is 11.3 Å². The number of rotatable bonds is 7. The van der Waals surface area contributed by atoms with Crippen LogP contribution in [0.15, 0.2) is 10.3 Å². The number of sulfonamides is 1. The first-order chi connectivity index (χ1) is 8.45. The number of nitrogens with zero attached hydrogens (tertiary/aromatic N) is 1. The first kappa shape index (κ1) is 16.0. The second-order valence-electron chi connectivity index (χ2n) is 4.05. The molecule has 0 fully saturated rings. The quantitative estimate of drug-likeness (QED) is 0.781. The minimum Gasteiger partial charge on any atom is -0.326 e. The number of hydrogen-bond donors (Lipinski definition) is 1. The molecule has 0 unspecified atom stereocenters. The summed E-state index contributed by atoms with van der Waals surface area (Å²) in [6, 6.07) is 0. The van der Waals surface area contributed by atoms with Gasteiger partial charge in [-0.05, 0) is 36.3 Å². The summed E-state index contributed by atoms with van der Waals surface area (Å²) in [5.41, 5.74) is 6.40. The lowest BCUT2D eigenvalue weighted by atomic mass is 10.3. The molecule has 18 heavy (non-hydrogen) atoms. The Morgan fingerprint density at radius 3 is 2.72 bits per heavy atom. The Morgan fingerprint density at radius 1 is 1.50 bits per heavy atom. The van der Waals surface area contributed by atoms with Crippen LogP contribution in [0.25, 0.3) is 0 Å². The van der Waals surface area contributed by atoms with E-state index in [1.807, 2.05) is 18.6 Å². The van der Waals surface area contributed by atoms with E-state index in [4.69, 9.17) is 5.73 Å². The molecule has 1 rings (SSSR count). The predicted octanol–water partition coefficient (Wildman–Crippen LogP) is 1.89. The zero-order chi connectivity index (χ0) is 13.8. The number of thioether (sulfide) groups is 1. The van der Waals surface area contributed by atoms with E-state index in [-0.39, 0.29) is 6.54 Å². The van der Waals surface area contributed by atoms with E-state index in [9.17, 15) is 8.42 Å². The van der Waals surface area contributed by atoms with Crippen molar-refractivity contribution in [1.29, 1.82) is 0 Å². The van der Waals surface area contributed by atoms with Crippen molar-refractivity contribution in [1.82, 2.24) is 4.31 Å². The highest BCUT2D eigenvalue weighted by molar-refractivity contribution is 7.98. The van der Waals surface area contributed by atoms with Gasteiger partial charge in [-0.3, -0.25) is 0 Å². The van der Waals surface area contributed by atoms with Crippen molar-refractivity contribution in [3.8, 4) is 0 Å². The minimum absolute atomic E-state index is 0.270. The monoisotopic (exact) mass is 308 g/mol. The van der Waals surface area contributed by atoms with Crippen LogP contribution in [0.2, 0.25) is 0 Å². The minimum atomic E-state index is -3.40. The zero-order valence-corrected chi connectivity index (χ0v) is 13.4. The molecule has 0 aromatic carbocycles. The number of nitrogens with two attached hydrogens (primary N) is 1. The molecule has 0 aliphatic heterocycles. The molecule has 0 amide bonds. The van der Waals surface area contributed by atoms with Crippen LogP contribution >= 0.6 is 23.1 Å². The van der Waals surface area contributed by atoms with E-state index in [0.29, 0.717) is 11.4 Å². The molecule has 2 N–H and O–H groups in total. The van der Waals surface area contributed by atoms with Crippen LogP contribution in [0.4, 0.5) is 0 Å². The van der Waals surface area contributed by atoms with Crippen LogP contribution in [0.3, 0.4) is 0 Å². The van der Waals surface area contributed by atoms with Crippen LogP contribution in [-0.2, 0) is 16.6 Å². The van der Waals surface area contributed by atoms with Gasteiger partial charge < -0.3 is 5.73 Å². The van der Waals surface area contributed by atoms with Crippen LogP contribution < -0.4 is 5.73 Å². The maximum absolute atomic E-state index is 12.5. The summed E-state index contributed by atoms with van der Waals surface area (Å²) in [6.07, 6.45) is 2.88. The molecule has 0 radical (unpaired) electrons. The predicted molar refractivity (Wildman–Crippen MR) is 79.8 cm³/mol. The topological polar surface area (TPSA) is 63.4 Å². The van der Waals surface area contributed by atoms with Crippen molar-refractivity contribution in [3.63, 3.8) is 0 Å². The fraction of sp³-hybridized carbons (Fsp3) is 0.636. The highest BCUT2D eigenvalue weighted by Gasteiger charge is 2.26. The standard InChI is InChI=1S/C11H20N2O2S3/c1-9-8-17-10(7-12)11(9)18(14,15)13(2)5-4-6-16-3/h8H,4-7,12H2,1-3H3. The van der Waals surface area contributed by atoms with Crippen LogP contribution in [0.1, 0.15) is 16.9 Å². The number of hydrogen-bond acceptors (Lipinski definition) is 5. The molecule has 0 saturated carbocycles. The van der Waals surface area contributed by atoms with Crippen molar-refractivity contribution in [3.05, 3.63) is 15.8 Å². The molecule has 0 aliphatic carbocycles. The SMILES string of the molecule is CSCCCN(C)S(=O)(=O)c1c(C)csc1CN. The Labute approximate surface area is 118 Å². The molecule has 1 aromatic rings. The fourth-order valence-corrected chi connectivity index (χ4v) is 4.95. The zero-order valence-electron chi connectivity index (χ0n) is 11.0. The van der Waals surface area contributed by atoms with Gasteiger partial charge in [0.2, 0.25) is 10.0 Å². The van der Waals surface area contributed by atoms with Gasteiger partial charge in [0.25, 0.3) is 0 Å². The molecule has 7 heteroatoms. The molecule has 1 heterocycles. The van der Waals surface area contributed by atoms with Gasteiger partial charge in [0.05, 0.1) is 0 Å². The normalized spacial score (nSPS) is 12.3. The van der Waals surface area contributed by atoms with Crippen molar-refractivity contribution in [2.24, 2.45) is 5.73 Å². The highest BCUT2D eigenvalue weighted by Crippen LogP contribution is 2.28. The van der Waals surface area contributed by atoms with Crippen LogP contribution in [0, 0.1) is 6.92 Å². The highest BCUT2D eigenvalue weighted by atomic mass is 32.2. The molecule has 1 aromatic heterocycles. The first-order valence-electron chi connectivity index (χ1n) is 5.67. The summed E-state index contributed by atoms with van der Waals surface area (Å²) in [6.45, 7) is 2.63. The third-order valence-electron chi connectivity index (χ3n) is 2.66. The lowest BCUT2D eigenvalue weighted by Gasteiger charge is -2.18. The largest absolute Gasteiger partial charge is 0.326 e. The second kappa shape index (κ2) is 6.91. The van der Waals surface area contributed by atoms with Crippen molar-refractivity contribution < 1.29 is 8.42 Å². The molecule has 0 spiro atoms. The maximum Gasteiger partial charge on any atom is 0.244 e. The molecule has 0 saturated heterocycles. The van der Waals surface area contributed by atoms with Gasteiger partial charge in [-0.25, -0.2) is 12.7 Å².